The zero-order chi connectivity index (χ0) is 18.0. The number of benzene rings is 2. The molecule has 4 nitrogen and oxygen atoms in total. The first kappa shape index (κ1) is 17.1. The third kappa shape index (κ3) is 3.85. The molecular formula is C18H13ClF2N2O2. The van der Waals surface area contributed by atoms with E-state index < -0.39 is 23.8 Å². The average Bonchev–Trinajstić information content (AvgIpc) is 3.03. The van der Waals surface area contributed by atoms with E-state index in [-0.39, 0.29) is 23.6 Å². The number of carbonyl (C=O) groups excluding carboxylic acids is 1. The number of phenols is 1. The van der Waals surface area contributed by atoms with Gasteiger partial charge in [0.15, 0.2) is 5.78 Å². The van der Waals surface area contributed by atoms with Gasteiger partial charge in [-0.2, -0.15) is 5.10 Å². The van der Waals surface area contributed by atoms with Gasteiger partial charge in [0, 0.05) is 28.8 Å². The number of Topliss-reactive ketones (excluding diaryl/α,β-unsaturated/α-hetero) is 1. The minimum atomic E-state index is -0.767. The Morgan fingerprint density at radius 1 is 1.16 bits per heavy atom. The molecule has 128 valence electrons. The summed E-state index contributed by atoms with van der Waals surface area (Å²) in [6, 6.07) is 9.52. The van der Waals surface area contributed by atoms with Gasteiger partial charge >= 0.3 is 0 Å². The molecule has 1 aromatic heterocycles. The molecule has 0 aliphatic rings. The van der Waals surface area contributed by atoms with Crippen molar-refractivity contribution in [2.75, 3.05) is 0 Å². The Bertz CT molecular complexity index is 920. The fraction of sp³-hybridized carbons (Fsp3) is 0.111. The molecule has 1 N–H and O–H groups in total. The Balaban J connectivity index is 1.77. The molecule has 0 aliphatic heterocycles. The zero-order valence-corrected chi connectivity index (χ0v) is 13.7. The van der Waals surface area contributed by atoms with Crippen molar-refractivity contribution in [1.29, 1.82) is 0 Å². The second-order valence-corrected chi connectivity index (χ2v) is 5.91. The summed E-state index contributed by atoms with van der Waals surface area (Å²) in [5, 5.41) is 14.4. The van der Waals surface area contributed by atoms with Crippen molar-refractivity contribution < 1.29 is 18.7 Å². The molecule has 0 radical (unpaired) electrons. The lowest BCUT2D eigenvalue weighted by atomic mass is 10.1. The highest BCUT2D eigenvalue weighted by atomic mass is 35.5. The second-order valence-electron chi connectivity index (χ2n) is 5.47. The molecule has 0 saturated carbocycles. The van der Waals surface area contributed by atoms with Crippen LogP contribution in [0.25, 0.3) is 0 Å². The highest BCUT2D eigenvalue weighted by Gasteiger charge is 2.16. The number of hydrogen-bond acceptors (Lipinski definition) is 3. The number of nitrogens with zero attached hydrogens (tertiary/aromatic N) is 2. The fourth-order valence-corrected chi connectivity index (χ4v) is 2.60. The van der Waals surface area contributed by atoms with Crippen molar-refractivity contribution in [2.24, 2.45) is 0 Å². The molecule has 0 atom stereocenters. The van der Waals surface area contributed by atoms with E-state index in [2.05, 4.69) is 5.10 Å². The second kappa shape index (κ2) is 7.03. The van der Waals surface area contributed by atoms with Gasteiger partial charge in [0.25, 0.3) is 0 Å². The van der Waals surface area contributed by atoms with Crippen molar-refractivity contribution in [1.82, 2.24) is 9.78 Å². The molecule has 1 heterocycles. The first-order chi connectivity index (χ1) is 11.9. The zero-order valence-electron chi connectivity index (χ0n) is 12.9. The molecule has 0 bridgehead atoms. The van der Waals surface area contributed by atoms with Crippen LogP contribution in [0.4, 0.5) is 8.78 Å². The maximum absolute atomic E-state index is 13.6. The lowest BCUT2D eigenvalue weighted by Gasteiger charge is -2.05. The van der Waals surface area contributed by atoms with E-state index in [0.29, 0.717) is 10.6 Å². The van der Waals surface area contributed by atoms with Crippen molar-refractivity contribution in [3.05, 3.63) is 82.1 Å². The van der Waals surface area contributed by atoms with Gasteiger partial charge in [0.1, 0.15) is 23.1 Å². The summed E-state index contributed by atoms with van der Waals surface area (Å²) < 4.78 is 28.7. The lowest BCUT2D eigenvalue weighted by molar-refractivity contribution is 0.0985. The third-order valence-electron chi connectivity index (χ3n) is 3.70. The number of phenolic OH excluding ortho intramolecular Hbond substituents is 1. The lowest BCUT2D eigenvalue weighted by Crippen LogP contribution is -2.09. The quantitative estimate of drug-likeness (QED) is 0.698. The standard InChI is InChI=1S/C18H13ClF2N2O2/c19-12-4-5-17(24)11(8-12)10-23-7-6-16(22-23)18(25)9-13-14(20)2-1-3-15(13)21/h1-8,24H,9-10H2. The SMILES string of the molecule is O=C(Cc1c(F)cccc1F)c1ccn(Cc2cc(Cl)ccc2O)n1. The van der Waals surface area contributed by atoms with Crippen LogP contribution in [0.15, 0.2) is 48.7 Å². The molecule has 0 saturated heterocycles. The van der Waals surface area contributed by atoms with Crippen molar-refractivity contribution in [2.45, 2.75) is 13.0 Å². The van der Waals surface area contributed by atoms with Gasteiger partial charge in [-0.3, -0.25) is 9.48 Å². The smallest absolute Gasteiger partial charge is 0.187 e. The molecule has 0 aliphatic carbocycles. The Labute approximate surface area is 147 Å². The fourth-order valence-electron chi connectivity index (χ4n) is 2.41. The predicted molar refractivity (Wildman–Crippen MR) is 88.8 cm³/mol. The Morgan fingerprint density at radius 3 is 2.60 bits per heavy atom. The minimum absolute atomic E-state index is 0.0567. The van der Waals surface area contributed by atoms with Crippen molar-refractivity contribution in [3.8, 4) is 5.75 Å². The topological polar surface area (TPSA) is 55.1 Å². The summed E-state index contributed by atoms with van der Waals surface area (Å²) in [7, 11) is 0. The molecule has 3 aromatic rings. The van der Waals surface area contributed by atoms with E-state index in [1.54, 1.807) is 18.3 Å². The maximum Gasteiger partial charge on any atom is 0.187 e. The minimum Gasteiger partial charge on any atom is -0.508 e. The summed E-state index contributed by atoms with van der Waals surface area (Å²) in [4.78, 5) is 12.2. The molecule has 0 spiro atoms. The molecule has 7 heteroatoms. The van der Waals surface area contributed by atoms with E-state index >= 15 is 0 Å². The average molecular weight is 363 g/mol. The Kier molecular flexibility index (Phi) is 4.81. The maximum atomic E-state index is 13.6. The Morgan fingerprint density at radius 2 is 1.88 bits per heavy atom. The van der Waals surface area contributed by atoms with Crippen LogP contribution in [-0.4, -0.2) is 20.7 Å². The molecule has 0 fully saturated rings. The molecular weight excluding hydrogens is 350 g/mol. The van der Waals surface area contributed by atoms with E-state index in [1.165, 1.54) is 22.9 Å². The number of ketones is 1. The van der Waals surface area contributed by atoms with Crippen LogP contribution in [0.2, 0.25) is 5.02 Å². The normalized spacial score (nSPS) is 10.8. The van der Waals surface area contributed by atoms with Crippen LogP contribution in [0, 0.1) is 11.6 Å². The van der Waals surface area contributed by atoms with Crippen LogP contribution >= 0.6 is 11.6 Å². The van der Waals surface area contributed by atoms with E-state index in [4.69, 9.17) is 11.6 Å². The largest absolute Gasteiger partial charge is 0.508 e. The van der Waals surface area contributed by atoms with Crippen molar-refractivity contribution >= 4 is 17.4 Å². The Hall–Kier alpha value is -2.73. The highest BCUT2D eigenvalue weighted by Crippen LogP contribution is 2.22. The summed E-state index contributed by atoms with van der Waals surface area (Å²) in [6.07, 6.45) is 1.13. The molecule has 0 unspecified atom stereocenters. The van der Waals surface area contributed by atoms with Crippen LogP contribution < -0.4 is 0 Å². The van der Waals surface area contributed by atoms with Gasteiger partial charge in [-0.25, -0.2) is 8.78 Å². The third-order valence-corrected chi connectivity index (χ3v) is 3.93. The number of rotatable bonds is 5. The number of aromatic nitrogens is 2. The first-order valence-electron chi connectivity index (χ1n) is 7.41. The van der Waals surface area contributed by atoms with Gasteiger partial charge < -0.3 is 5.11 Å². The summed E-state index contributed by atoms with van der Waals surface area (Å²) in [5.41, 5.74) is 0.341. The predicted octanol–water partition coefficient (Wildman–Crippen LogP) is 3.99. The first-order valence-corrected chi connectivity index (χ1v) is 7.79. The van der Waals surface area contributed by atoms with E-state index in [0.717, 1.165) is 12.1 Å². The number of hydrogen-bond donors (Lipinski definition) is 1. The summed E-state index contributed by atoms with van der Waals surface area (Å²) >= 11 is 5.89. The highest BCUT2D eigenvalue weighted by molar-refractivity contribution is 6.30. The molecule has 25 heavy (non-hydrogen) atoms. The van der Waals surface area contributed by atoms with Gasteiger partial charge in [0.2, 0.25) is 0 Å². The van der Waals surface area contributed by atoms with Crippen LogP contribution in [0.5, 0.6) is 5.75 Å². The molecule has 0 amide bonds. The molecule has 2 aromatic carbocycles. The van der Waals surface area contributed by atoms with Crippen LogP contribution in [0.1, 0.15) is 21.6 Å². The number of carbonyl (C=O) groups is 1. The van der Waals surface area contributed by atoms with Gasteiger partial charge in [-0.05, 0) is 36.4 Å². The number of halogens is 3. The monoisotopic (exact) mass is 362 g/mol. The summed E-state index contributed by atoms with van der Waals surface area (Å²) in [5.74, 6) is -1.98. The summed E-state index contributed by atoms with van der Waals surface area (Å²) in [6.45, 7) is 0.202. The van der Waals surface area contributed by atoms with Crippen LogP contribution in [-0.2, 0) is 13.0 Å². The van der Waals surface area contributed by atoms with Crippen molar-refractivity contribution in [3.63, 3.8) is 0 Å². The van der Waals surface area contributed by atoms with E-state index in [1.807, 2.05) is 0 Å². The molecule has 3 rings (SSSR count). The van der Waals surface area contributed by atoms with Gasteiger partial charge in [-0.1, -0.05) is 17.7 Å². The van der Waals surface area contributed by atoms with Gasteiger partial charge in [-0.15, -0.1) is 0 Å². The number of aromatic hydroxyl groups is 1. The van der Waals surface area contributed by atoms with Gasteiger partial charge in [0.05, 0.1) is 6.54 Å². The van der Waals surface area contributed by atoms with E-state index in [9.17, 15) is 18.7 Å². The van der Waals surface area contributed by atoms with Crippen LogP contribution in [0.3, 0.4) is 0 Å².